The first-order valence-electron chi connectivity index (χ1n) is 6.78. The summed E-state index contributed by atoms with van der Waals surface area (Å²) in [5, 5.41) is 11.5. The summed E-state index contributed by atoms with van der Waals surface area (Å²) in [5.41, 5.74) is 0.723. The molecule has 3 rings (SSSR count). The van der Waals surface area contributed by atoms with Crippen LogP contribution in [0.5, 0.6) is 0 Å². The van der Waals surface area contributed by atoms with Crippen molar-refractivity contribution in [2.75, 3.05) is 6.54 Å². The van der Waals surface area contributed by atoms with Crippen molar-refractivity contribution < 1.29 is 14.7 Å². The zero-order valence-corrected chi connectivity index (χ0v) is 12.7. The average Bonchev–Trinajstić information content (AvgIpc) is 2.90. The van der Waals surface area contributed by atoms with Gasteiger partial charge in [0.25, 0.3) is 11.5 Å². The molecule has 3 aromatic rings. The fourth-order valence-electron chi connectivity index (χ4n) is 2.17. The van der Waals surface area contributed by atoms with Crippen molar-refractivity contribution in [2.45, 2.75) is 0 Å². The van der Waals surface area contributed by atoms with Crippen molar-refractivity contribution in [3.63, 3.8) is 0 Å². The summed E-state index contributed by atoms with van der Waals surface area (Å²) >= 11 is 1.29. The lowest BCUT2D eigenvalue weighted by atomic mass is 10.2. The Morgan fingerprint density at radius 1 is 1.13 bits per heavy atom. The maximum Gasteiger partial charge on any atom is 0.322 e. The van der Waals surface area contributed by atoms with Gasteiger partial charge in [-0.25, -0.2) is 3.96 Å². The van der Waals surface area contributed by atoms with Crippen LogP contribution in [0.15, 0.2) is 53.3 Å². The molecule has 116 valence electrons. The number of hydrogen-bond acceptors (Lipinski definition) is 4. The van der Waals surface area contributed by atoms with Crippen LogP contribution in [-0.2, 0) is 4.79 Å². The number of aliphatic carboxylic acids is 1. The largest absolute Gasteiger partial charge is 0.480 e. The lowest BCUT2D eigenvalue weighted by molar-refractivity contribution is -0.135. The second-order valence-electron chi connectivity index (χ2n) is 4.81. The van der Waals surface area contributed by atoms with Gasteiger partial charge in [0.15, 0.2) is 0 Å². The van der Waals surface area contributed by atoms with Crippen LogP contribution in [0.2, 0.25) is 0 Å². The van der Waals surface area contributed by atoms with E-state index < -0.39 is 18.4 Å². The molecule has 0 fully saturated rings. The molecule has 0 saturated carbocycles. The van der Waals surface area contributed by atoms with Crippen molar-refractivity contribution in [3.05, 3.63) is 64.4 Å². The molecule has 1 amide bonds. The molecule has 0 aliphatic heterocycles. The van der Waals surface area contributed by atoms with Gasteiger partial charge in [-0.3, -0.25) is 14.4 Å². The van der Waals surface area contributed by atoms with Gasteiger partial charge >= 0.3 is 5.97 Å². The number of carbonyl (C=O) groups is 2. The number of carboxylic acids is 1. The number of rotatable bonds is 4. The van der Waals surface area contributed by atoms with Crippen molar-refractivity contribution in [1.82, 2.24) is 9.27 Å². The lowest BCUT2D eigenvalue weighted by Crippen LogP contribution is -2.29. The third-order valence-electron chi connectivity index (χ3n) is 3.23. The molecular weight excluding hydrogens is 316 g/mol. The van der Waals surface area contributed by atoms with Gasteiger partial charge in [0.05, 0.1) is 15.8 Å². The van der Waals surface area contributed by atoms with Crippen LogP contribution >= 0.6 is 11.5 Å². The van der Waals surface area contributed by atoms with Gasteiger partial charge in [-0.05, 0) is 30.3 Å². The molecule has 0 saturated heterocycles. The molecule has 0 aliphatic carbocycles. The molecule has 7 heteroatoms. The van der Waals surface area contributed by atoms with Gasteiger partial charge in [-0.15, -0.1) is 0 Å². The third-order valence-corrected chi connectivity index (χ3v) is 4.35. The Morgan fingerprint density at radius 2 is 1.91 bits per heavy atom. The average molecular weight is 328 g/mol. The zero-order chi connectivity index (χ0) is 16.4. The van der Waals surface area contributed by atoms with Crippen molar-refractivity contribution in [2.24, 2.45) is 0 Å². The predicted molar refractivity (Wildman–Crippen MR) is 87.4 cm³/mol. The number of nitrogens with zero attached hydrogens (tertiary/aromatic N) is 1. The molecule has 0 radical (unpaired) electrons. The molecule has 1 heterocycles. The van der Waals surface area contributed by atoms with E-state index in [1.54, 1.807) is 36.4 Å². The summed E-state index contributed by atoms with van der Waals surface area (Å²) in [7, 11) is 0. The molecule has 23 heavy (non-hydrogen) atoms. The Bertz CT molecular complexity index is 958. The Balaban J connectivity index is 1.98. The Morgan fingerprint density at radius 3 is 2.65 bits per heavy atom. The number of carbonyl (C=O) groups excluding carboxylic acids is 1. The van der Waals surface area contributed by atoms with E-state index >= 15 is 0 Å². The first kappa shape index (κ1) is 15.0. The number of hydrogen-bond donors (Lipinski definition) is 2. The highest BCUT2D eigenvalue weighted by molar-refractivity contribution is 7.14. The predicted octanol–water partition coefficient (Wildman–Crippen LogP) is 1.87. The molecule has 1 aromatic heterocycles. The number of benzene rings is 2. The molecule has 0 aliphatic rings. The molecule has 6 nitrogen and oxygen atoms in total. The molecule has 2 N–H and O–H groups in total. The van der Waals surface area contributed by atoms with Crippen LogP contribution in [-0.4, -0.2) is 27.5 Å². The summed E-state index contributed by atoms with van der Waals surface area (Å²) in [6, 6.07) is 13.8. The van der Waals surface area contributed by atoms with E-state index in [0.29, 0.717) is 16.6 Å². The SMILES string of the molecule is O=C(O)CNC(=O)c1cccc(-n2sc3ccccc3c2=O)c1. The number of carboxylic acid groups (broad SMARTS) is 1. The highest BCUT2D eigenvalue weighted by atomic mass is 32.1. The van der Waals surface area contributed by atoms with E-state index in [9.17, 15) is 14.4 Å². The van der Waals surface area contributed by atoms with E-state index in [0.717, 1.165) is 4.70 Å². The summed E-state index contributed by atoms with van der Waals surface area (Å²) in [6.07, 6.45) is 0. The van der Waals surface area contributed by atoms with Crippen LogP contribution in [0.25, 0.3) is 15.8 Å². The van der Waals surface area contributed by atoms with Gasteiger partial charge in [0.2, 0.25) is 0 Å². The van der Waals surface area contributed by atoms with E-state index in [4.69, 9.17) is 5.11 Å². The van der Waals surface area contributed by atoms with Gasteiger partial charge in [-0.1, -0.05) is 29.7 Å². The molecule has 0 bridgehead atoms. The van der Waals surface area contributed by atoms with Crippen LogP contribution in [0, 0.1) is 0 Å². The lowest BCUT2D eigenvalue weighted by Gasteiger charge is -2.05. The van der Waals surface area contributed by atoms with Gasteiger partial charge in [0.1, 0.15) is 6.54 Å². The minimum Gasteiger partial charge on any atom is -0.480 e. The number of nitrogens with one attached hydrogen (secondary N) is 1. The van der Waals surface area contributed by atoms with E-state index in [2.05, 4.69) is 5.32 Å². The van der Waals surface area contributed by atoms with Crippen LogP contribution in [0.4, 0.5) is 0 Å². The van der Waals surface area contributed by atoms with Crippen LogP contribution in [0.3, 0.4) is 0 Å². The quantitative estimate of drug-likeness (QED) is 0.765. The van der Waals surface area contributed by atoms with Crippen molar-refractivity contribution in [1.29, 1.82) is 0 Å². The standard InChI is InChI=1S/C16H12N2O4S/c19-14(20)9-17-15(21)10-4-3-5-11(8-10)18-16(22)12-6-1-2-7-13(12)23-18/h1-8H,9H2,(H,17,21)(H,19,20). The van der Waals surface area contributed by atoms with Gasteiger partial charge < -0.3 is 10.4 Å². The first-order valence-corrected chi connectivity index (χ1v) is 7.55. The van der Waals surface area contributed by atoms with E-state index in [-0.39, 0.29) is 5.56 Å². The normalized spacial score (nSPS) is 10.6. The minimum absolute atomic E-state index is 0.145. The fourth-order valence-corrected chi connectivity index (χ4v) is 3.16. The molecule has 0 spiro atoms. The topological polar surface area (TPSA) is 88.4 Å². The maximum atomic E-state index is 12.4. The van der Waals surface area contributed by atoms with Gasteiger partial charge in [0, 0.05) is 5.56 Å². The highest BCUT2D eigenvalue weighted by Crippen LogP contribution is 2.20. The molecule has 0 unspecified atom stereocenters. The summed E-state index contributed by atoms with van der Waals surface area (Å²) < 4.78 is 2.37. The number of fused-ring (bicyclic) bond motifs is 1. The number of aromatic nitrogens is 1. The molecule has 0 atom stereocenters. The summed E-state index contributed by atoms with van der Waals surface area (Å²) in [4.78, 5) is 34.9. The van der Waals surface area contributed by atoms with E-state index in [1.165, 1.54) is 15.5 Å². The Hall–Kier alpha value is -2.93. The van der Waals surface area contributed by atoms with Crippen molar-refractivity contribution >= 4 is 33.5 Å². The summed E-state index contributed by atoms with van der Waals surface area (Å²) in [5.74, 6) is -1.61. The zero-order valence-electron chi connectivity index (χ0n) is 11.9. The molecule has 2 aromatic carbocycles. The van der Waals surface area contributed by atoms with Crippen molar-refractivity contribution in [3.8, 4) is 5.69 Å². The highest BCUT2D eigenvalue weighted by Gasteiger charge is 2.12. The Kier molecular flexibility index (Phi) is 3.94. The monoisotopic (exact) mass is 328 g/mol. The second kappa shape index (κ2) is 6.05. The third kappa shape index (κ3) is 3.00. The second-order valence-corrected chi connectivity index (χ2v) is 5.80. The number of amides is 1. The smallest absolute Gasteiger partial charge is 0.322 e. The first-order chi connectivity index (χ1) is 11.1. The maximum absolute atomic E-state index is 12.4. The molecular formula is C16H12N2O4S. The fraction of sp³-hybridized carbons (Fsp3) is 0.0625. The summed E-state index contributed by atoms with van der Waals surface area (Å²) in [6.45, 7) is -0.452. The van der Waals surface area contributed by atoms with Gasteiger partial charge in [-0.2, -0.15) is 0 Å². The van der Waals surface area contributed by atoms with E-state index in [1.807, 2.05) is 12.1 Å². The minimum atomic E-state index is -1.12. The Labute approximate surface area is 134 Å². The van der Waals surface area contributed by atoms with Crippen LogP contribution in [0.1, 0.15) is 10.4 Å². The van der Waals surface area contributed by atoms with Crippen LogP contribution < -0.4 is 10.9 Å².